The minimum atomic E-state index is -1.11. The molecule has 4 aromatic rings. The predicted octanol–water partition coefficient (Wildman–Crippen LogP) is 6.11. The number of pyridine rings is 1. The lowest BCUT2D eigenvalue weighted by molar-refractivity contribution is -0.164. The van der Waals surface area contributed by atoms with Gasteiger partial charge in [-0.25, -0.2) is 24.1 Å². The zero-order chi connectivity index (χ0) is 36.0. The number of aromatic nitrogens is 4. The van der Waals surface area contributed by atoms with Gasteiger partial charge in [0.1, 0.15) is 11.5 Å². The van der Waals surface area contributed by atoms with E-state index in [9.17, 15) is 4.79 Å². The largest absolute Gasteiger partial charge is 0.490 e. The molecule has 0 unspecified atom stereocenters. The van der Waals surface area contributed by atoms with Crippen molar-refractivity contribution in [2.45, 2.75) is 78.0 Å². The lowest BCUT2D eigenvalue weighted by Gasteiger charge is -2.41. The fourth-order valence-electron chi connectivity index (χ4n) is 7.90. The van der Waals surface area contributed by atoms with Crippen LogP contribution in [-0.4, -0.2) is 95.1 Å². The fraction of sp³-hybridized carbons (Fsp3) is 0.538. The third-order valence-electron chi connectivity index (χ3n) is 10.5. The van der Waals surface area contributed by atoms with E-state index < -0.39 is 23.5 Å². The molecule has 12 heteroatoms. The average molecular weight is 701 g/mol. The van der Waals surface area contributed by atoms with Gasteiger partial charge in [-0.3, -0.25) is 4.90 Å². The van der Waals surface area contributed by atoms with Gasteiger partial charge in [0.2, 0.25) is 0 Å². The summed E-state index contributed by atoms with van der Waals surface area (Å²) in [5.74, 6) is 0.739. The summed E-state index contributed by atoms with van der Waals surface area (Å²) in [5.41, 5.74) is 4.88. The van der Waals surface area contributed by atoms with Crippen LogP contribution in [-0.2, 0) is 32.5 Å². The number of fused-ring (bicyclic) bond motifs is 2. The van der Waals surface area contributed by atoms with E-state index in [1.807, 2.05) is 58.4 Å². The number of nitrogens with zero attached hydrogens (tertiary/aromatic N) is 6. The van der Waals surface area contributed by atoms with Crippen LogP contribution in [0.5, 0.6) is 5.75 Å². The Hall–Kier alpha value is -4.13. The summed E-state index contributed by atoms with van der Waals surface area (Å²) in [7, 11) is 3.28. The van der Waals surface area contributed by atoms with Crippen molar-refractivity contribution in [2.75, 3.05) is 58.0 Å². The van der Waals surface area contributed by atoms with Crippen LogP contribution in [0.1, 0.15) is 68.5 Å². The first kappa shape index (κ1) is 35.3. The average Bonchev–Trinajstić information content (AvgIpc) is 3.46. The standard InChI is InChI=1S/C39H49FN6O5/c1-23-26-9-8-18-50-34(26)29(40)21-27(23)33-28-22-30(44(6)37(28)42-24(2)32(33)35(38(47)48-7)51-39(3,4)5)36-41-13-10-31(43-36)46-16-14-45(15-17-46)25-11-19-49-20-12-25/h10,13,21-22,25,35H,8-9,11-12,14-20H2,1-7H3/t35-/m0/s1. The van der Waals surface area contributed by atoms with Crippen LogP contribution in [0.2, 0.25) is 0 Å². The smallest absolute Gasteiger partial charge is 0.339 e. The molecule has 7 rings (SSSR count). The minimum Gasteiger partial charge on any atom is -0.490 e. The Bertz CT molecular complexity index is 1940. The molecule has 0 aliphatic carbocycles. The number of halogens is 1. The van der Waals surface area contributed by atoms with Crippen molar-refractivity contribution in [1.29, 1.82) is 0 Å². The van der Waals surface area contributed by atoms with Crippen molar-refractivity contribution in [2.24, 2.45) is 7.05 Å². The number of esters is 1. The highest BCUT2D eigenvalue weighted by atomic mass is 19.1. The van der Waals surface area contributed by atoms with Gasteiger partial charge in [0.15, 0.2) is 23.5 Å². The molecule has 0 amide bonds. The first-order chi connectivity index (χ1) is 24.4. The molecule has 0 spiro atoms. The van der Waals surface area contributed by atoms with Gasteiger partial charge in [0.05, 0.1) is 25.0 Å². The lowest BCUT2D eigenvalue weighted by atomic mass is 9.86. The highest BCUT2D eigenvalue weighted by Crippen LogP contribution is 2.45. The molecule has 0 saturated carbocycles. The van der Waals surface area contributed by atoms with Gasteiger partial charge in [-0.05, 0) is 89.6 Å². The number of ether oxygens (including phenoxy) is 4. The van der Waals surface area contributed by atoms with Crippen molar-refractivity contribution in [3.8, 4) is 28.4 Å². The summed E-state index contributed by atoms with van der Waals surface area (Å²) >= 11 is 0. The highest BCUT2D eigenvalue weighted by molar-refractivity contribution is 6.01. The molecule has 272 valence electrons. The molecule has 2 fully saturated rings. The quantitative estimate of drug-likeness (QED) is 0.210. The Balaban J connectivity index is 1.36. The Morgan fingerprint density at radius 1 is 1.06 bits per heavy atom. The van der Waals surface area contributed by atoms with Gasteiger partial charge in [-0.15, -0.1) is 0 Å². The number of carbonyl (C=O) groups excluding carboxylic acids is 1. The van der Waals surface area contributed by atoms with Crippen LogP contribution in [0.4, 0.5) is 10.2 Å². The third kappa shape index (κ3) is 6.81. The number of rotatable bonds is 7. The van der Waals surface area contributed by atoms with Gasteiger partial charge >= 0.3 is 5.97 Å². The summed E-state index contributed by atoms with van der Waals surface area (Å²) < 4.78 is 41.0. The second-order valence-corrected chi connectivity index (χ2v) is 14.8. The maximum Gasteiger partial charge on any atom is 0.339 e. The van der Waals surface area contributed by atoms with Crippen LogP contribution in [0.3, 0.4) is 0 Å². The fourth-order valence-corrected chi connectivity index (χ4v) is 7.90. The van der Waals surface area contributed by atoms with Crippen molar-refractivity contribution >= 4 is 22.8 Å². The van der Waals surface area contributed by atoms with E-state index in [0.29, 0.717) is 58.7 Å². The second-order valence-electron chi connectivity index (χ2n) is 14.8. The number of benzene rings is 1. The lowest BCUT2D eigenvalue weighted by Crippen LogP contribution is -2.51. The van der Waals surface area contributed by atoms with Gasteiger partial charge in [-0.1, -0.05) is 0 Å². The highest BCUT2D eigenvalue weighted by Gasteiger charge is 2.35. The molecule has 6 heterocycles. The van der Waals surface area contributed by atoms with E-state index >= 15 is 4.39 Å². The maximum absolute atomic E-state index is 15.9. The predicted molar refractivity (Wildman–Crippen MR) is 194 cm³/mol. The summed E-state index contributed by atoms with van der Waals surface area (Å²) in [6, 6.07) is 6.07. The number of carbonyl (C=O) groups is 1. The topological polar surface area (TPSA) is 104 Å². The second kappa shape index (κ2) is 14.1. The molecular formula is C39H49FN6O5. The van der Waals surface area contributed by atoms with Crippen LogP contribution in [0, 0.1) is 19.7 Å². The molecule has 51 heavy (non-hydrogen) atoms. The SMILES string of the molecule is COC(=O)[C@@H](OC(C)(C)C)c1c(C)nc2c(cc(-c3nccc(N4CCN(C5CCOCC5)CC4)n3)n2C)c1-c1cc(F)c2c(c1C)CCCO2. The molecule has 3 aliphatic rings. The van der Waals surface area contributed by atoms with E-state index in [1.165, 1.54) is 13.2 Å². The first-order valence-corrected chi connectivity index (χ1v) is 18.1. The Morgan fingerprint density at radius 3 is 2.51 bits per heavy atom. The Kier molecular flexibility index (Phi) is 9.77. The zero-order valence-electron chi connectivity index (χ0n) is 30.8. The van der Waals surface area contributed by atoms with E-state index in [4.69, 9.17) is 33.9 Å². The molecule has 3 aliphatic heterocycles. The summed E-state index contributed by atoms with van der Waals surface area (Å²) in [6.45, 7) is 15.4. The molecule has 11 nitrogen and oxygen atoms in total. The number of aryl methyl sites for hydroxylation is 2. The monoisotopic (exact) mass is 700 g/mol. The molecule has 0 N–H and O–H groups in total. The number of anilines is 1. The van der Waals surface area contributed by atoms with Gasteiger partial charge in [0.25, 0.3) is 0 Å². The van der Waals surface area contributed by atoms with Gasteiger partial charge in [0, 0.05) is 86.4 Å². The molecular weight excluding hydrogens is 651 g/mol. The van der Waals surface area contributed by atoms with E-state index in [0.717, 1.165) is 86.7 Å². The minimum absolute atomic E-state index is 0.300. The van der Waals surface area contributed by atoms with Gasteiger partial charge < -0.3 is 28.4 Å². The molecule has 0 radical (unpaired) electrons. The summed E-state index contributed by atoms with van der Waals surface area (Å²) in [5, 5.41) is 0.734. The van der Waals surface area contributed by atoms with Crippen molar-refractivity contribution in [1.82, 2.24) is 24.4 Å². The van der Waals surface area contributed by atoms with Crippen molar-refractivity contribution in [3.63, 3.8) is 0 Å². The van der Waals surface area contributed by atoms with E-state index in [2.05, 4.69) is 9.80 Å². The van der Waals surface area contributed by atoms with Crippen LogP contribution in [0.15, 0.2) is 24.4 Å². The van der Waals surface area contributed by atoms with Crippen LogP contribution < -0.4 is 9.64 Å². The van der Waals surface area contributed by atoms with Crippen LogP contribution in [0.25, 0.3) is 33.7 Å². The molecule has 2 saturated heterocycles. The van der Waals surface area contributed by atoms with Crippen molar-refractivity contribution < 1.29 is 28.1 Å². The molecule has 1 atom stereocenters. The maximum atomic E-state index is 15.9. The molecule has 1 aromatic carbocycles. The molecule has 3 aromatic heterocycles. The third-order valence-corrected chi connectivity index (χ3v) is 10.5. The zero-order valence-corrected chi connectivity index (χ0v) is 30.8. The Labute approximate surface area is 299 Å². The van der Waals surface area contributed by atoms with Gasteiger partial charge in [-0.2, -0.15) is 0 Å². The number of hydrogen-bond acceptors (Lipinski definition) is 10. The Morgan fingerprint density at radius 2 is 1.80 bits per heavy atom. The first-order valence-electron chi connectivity index (χ1n) is 18.1. The number of hydrogen-bond donors (Lipinski definition) is 0. The summed E-state index contributed by atoms with van der Waals surface area (Å²) in [6.07, 6.45) is 4.35. The molecule has 0 bridgehead atoms. The summed E-state index contributed by atoms with van der Waals surface area (Å²) in [4.78, 5) is 33.3. The van der Waals surface area contributed by atoms with Crippen LogP contribution >= 0.6 is 0 Å². The van der Waals surface area contributed by atoms with Crippen molar-refractivity contribution in [3.05, 3.63) is 52.6 Å². The van der Waals surface area contributed by atoms with E-state index in [1.54, 1.807) is 6.20 Å². The normalized spacial score (nSPS) is 18.1. The number of piperazine rings is 1. The number of methoxy groups -OCH3 is 1. The van der Waals surface area contributed by atoms with E-state index in [-0.39, 0.29) is 0 Å².